The van der Waals surface area contributed by atoms with Crippen molar-refractivity contribution >= 4 is 34.7 Å². The van der Waals surface area contributed by atoms with Crippen LogP contribution in [0.3, 0.4) is 0 Å². The van der Waals surface area contributed by atoms with Gasteiger partial charge in [0.15, 0.2) is 5.17 Å². The molecule has 2 N–H and O–H groups in total. The summed E-state index contributed by atoms with van der Waals surface area (Å²) in [6.07, 6.45) is 5.05. The number of amides is 1. The Kier molecular flexibility index (Phi) is 7.22. The molecule has 3 atom stereocenters. The Morgan fingerprint density at radius 1 is 1.31 bits per heavy atom. The molecule has 2 aliphatic rings. The van der Waals surface area contributed by atoms with Gasteiger partial charge in [-0.1, -0.05) is 24.8 Å². The fraction of sp³-hybridized carbons (Fsp3) is 0.385. The van der Waals surface area contributed by atoms with Crippen molar-refractivity contribution in [3.63, 3.8) is 0 Å². The Morgan fingerprint density at radius 2 is 2.06 bits per heavy atom. The van der Waals surface area contributed by atoms with Crippen LogP contribution in [0.5, 0.6) is 0 Å². The first-order chi connectivity index (χ1) is 16.7. The summed E-state index contributed by atoms with van der Waals surface area (Å²) in [5, 5.41) is 8.76. The lowest BCUT2D eigenvalue weighted by molar-refractivity contribution is -0.129. The quantitative estimate of drug-likeness (QED) is 0.654. The van der Waals surface area contributed by atoms with Crippen LogP contribution in [0.25, 0.3) is 11.9 Å². The predicted molar refractivity (Wildman–Crippen MR) is 134 cm³/mol. The molecule has 0 saturated carbocycles. The maximum absolute atomic E-state index is 15.1. The third kappa shape index (κ3) is 5.22. The normalized spacial score (nSPS) is 25.1. The number of nitrogens with two attached hydrogens (primary N) is 1. The predicted octanol–water partition coefficient (Wildman–Crippen LogP) is 4.85. The van der Waals surface area contributed by atoms with Gasteiger partial charge in [-0.15, -0.1) is 0 Å². The van der Waals surface area contributed by atoms with Crippen molar-refractivity contribution < 1.29 is 13.6 Å². The molecular formula is C26H27F2N5OS. The highest BCUT2D eigenvalue weighted by Crippen LogP contribution is 2.43. The minimum absolute atomic E-state index is 0.0518. The summed E-state index contributed by atoms with van der Waals surface area (Å²) >= 11 is 1.23. The van der Waals surface area contributed by atoms with E-state index in [9.17, 15) is 9.18 Å². The zero-order chi connectivity index (χ0) is 25.2. The van der Waals surface area contributed by atoms with Crippen molar-refractivity contribution in [2.45, 2.75) is 43.9 Å². The van der Waals surface area contributed by atoms with Crippen LogP contribution in [-0.4, -0.2) is 39.3 Å². The number of aliphatic imine (C=N–C) groups is 1. The van der Waals surface area contributed by atoms with Crippen LogP contribution in [-0.2, 0) is 10.3 Å². The number of halogens is 2. The van der Waals surface area contributed by atoms with E-state index in [1.165, 1.54) is 48.3 Å². The number of benzene rings is 1. The van der Waals surface area contributed by atoms with Gasteiger partial charge in [-0.05, 0) is 68.0 Å². The van der Waals surface area contributed by atoms with Crippen molar-refractivity contribution in [1.82, 2.24) is 9.88 Å². The monoisotopic (exact) mass is 495 g/mol. The molecule has 1 saturated heterocycles. The Hall–Kier alpha value is -3.25. The summed E-state index contributed by atoms with van der Waals surface area (Å²) in [5.74, 6) is -1.23. The number of thioether (sulfide) groups is 1. The maximum Gasteiger partial charge on any atom is 0.236 e. The molecule has 3 heterocycles. The van der Waals surface area contributed by atoms with E-state index in [0.717, 1.165) is 25.9 Å². The molecule has 6 nitrogen and oxygen atoms in total. The van der Waals surface area contributed by atoms with Gasteiger partial charge in [0.25, 0.3) is 0 Å². The highest BCUT2D eigenvalue weighted by Gasteiger charge is 2.42. The van der Waals surface area contributed by atoms with Crippen molar-refractivity contribution in [2.75, 3.05) is 13.1 Å². The molecule has 1 unspecified atom stereocenters. The fourth-order valence-corrected chi connectivity index (χ4v) is 5.74. The summed E-state index contributed by atoms with van der Waals surface area (Å²) in [6.45, 7) is 5.25. The standard InChI is InChI=1S/C26H27F2N5OS/c1-16-11-23(24(34)33-9-3-4-10-33)35-25(30)32-26(16,2)19-12-17(5-7-20(19)27)13-21(28)22-8-6-18(14-29)15-31-22/h5-8,12-13,15-16,23H,3-4,9-11H2,1-2H3,(H2,30,32)/b21-13-/t16-,23?,26-/m0/s1. The lowest BCUT2D eigenvalue weighted by atomic mass is 9.78. The van der Waals surface area contributed by atoms with Gasteiger partial charge in [0.1, 0.15) is 17.7 Å². The largest absolute Gasteiger partial charge is 0.378 e. The topological polar surface area (TPSA) is 95.4 Å². The van der Waals surface area contributed by atoms with Crippen LogP contribution in [0.2, 0.25) is 0 Å². The molecule has 2 aliphatic heterocycles. The Balaban J connectivity index is 1.64. The van der Waals surface area contributed by atoms with Gasteiger partial charge in [0.2, 0.25) is 5.91 Å². The number of rotatable bonds is 4. The fourth-order valence-electron chi connectivity index (χ4n) is 4.57. The maximum atomic E-state index is 15.1. The lowest BCUT2D eigenvalue weighted by Gasteiger charge is -2.33. The first-order valence-corrected chi connectivity index (χ1v) is 12.4. The van der Waals surface area contributed by atoms with Crippen LogP contribution >= 0.6 is 11.8 Å². The van der Waals surface area contributed by atoms with Crippen LogP contribution in [0.4, 0.5) is 8.78 Å². The molecule has 1 aromatic heterocycles. The van der Waals surface area contributed by atoms with E-state index in [4.69, 9.17) is 11.0 Å². The second-order valence-corrected chi connectivity index (χ2v) is 10.4. The average Bonchev–Trinajstić information content (AvgIpc) is 3.35. The number of pyridine rings is 1. The summed E-state index contributed by atoms with van der Waals surface area (Å²) in [7, 11) is 0. The van der Waals surface area contributed by atoms with Gasteiger partial charge < -0.3 is 10.6 Å². The molecule has 0 aliphatic carbocycles. The van der Waals surface area contributed by atoms with Gasteiger partial charge in [0.05, 0.1) is 22.0 Å². The first kappa shape index (κ1) is 24.9. The summed E-state index contributed by atoms with van der Waals surface area (Å²) in [6, 6.07) is 9.18. The molecule has 1 amide bonds. The number of hydrogen-bond donors (Lipinski definition) is 1. The van der Waals surface area contributed by atoms with Crippen LogP contribution in [0.15, 0.2) is 41.5 Å². The molecular weight excluding hydrogens is 468 g/mol. The van der Waals surface area contributed by atoms with Gasteiger partial charge in [-0.2, -0.15) is 5.26 Å². The number of aromatic nitrogens is 1. The Bertz CT molecular complexity index is 1220. The highest BCUT2D eigenvalue weighted by atomic mass is 32.2. The minimum atomic E-state index is -1.03. The lowest BCUT2D eigenvalue weighted by Crippen LogP contribution is -2.38. The molecule has 0 radical (unpaired) electrons. The SMILES string of the molecule is C[C@H]1CC(C(=O)N2CCCC2)SC(N)=N[C@]1(C)c1cc(/C=C(\F)c2ccc(C#N)cn2)ccc1F. The Labute approximate surface area is 207 Å². The number of amidine groups is 1. The van der Waals surface area contributed by atoms with Gasteiger partial charge in [-0.3, -0.25) is 14.8 Å². The molecule has 1 aromatic carbocycles. The molecule has 35 heavy (non-hydrogen) atoms. The van der Waals surface area contributed by atoms with E-state index in [-0.39, 0.29) is 33.5 Å². The molecule has 0 bridgehead atoms. The Morgan fingerprint density at radius 3 is 2.71 bits per heavy atom. The molecule has 4 rings (SSSR count). The number of hydrogen-bond acceptors (Lipinski definition) is 6. The second-order valence-electron chi connectivity index (χ2n) is 9.15. The van der Waals surface area contributed by atoms with E-state index < -0.39 is 17.2 Å². The van der Waals surface area contributed by atoms with E-state index in [1.54, 1.807) is 13.0 Å². The number of nitrogens with zero attached hydrogens (tertiary/aromatic N) is 4. The van der Waals surface area contributed by atoms with Crippen LogP contribution < -0.4 is 5.73 Å². The highest BCUT2D eigenvalue weighted by molar-refractivity contribution is 8.14. The molecule has 2 aromatic rings. The summed E-state index contributed by atoms with van der Waals surface area (Å²) in [5.41, 5.74) is 6.32. The second kappa shape index (κ2) is 10.2. The third-order valence-corrected chi connectivity index (χ3v) is 7.80. The third-order valence-electron chi connectivity index (χ3n) is 6.79. The molecule has 0 spiro atoms. The first-order valence-electron chi connectivity index (χ1n) is 11.6. The van der Waals surface area contributed by atoms with Crippen molar-refractivity contribution in [3.8, 4) is 6.07 Å². The van der Waals surface area contributed by atoms with E-state index in [2.05, 4.69) is 9.98 Å². The molecule has 9 heteroatoms. The molecule has 182 valence electrons. The van der Waals surface area contributed by atoms with E-state index in [1.807, 2.05) is 17.9 Å². The summed E-state index contributed by atoms with van der Waals surface area (Å²) in [4.78, 5) is 23.6. The number of nitriles is 1. The van der Waals surface area contributed by atoms with E-state index in [0.29, 0.717) is 17.5 Å². The van der Waals surface area contributed by atoms with Gasteiger partial charge in [0, 0.05) is 24.8 Å². The van der Waals surface area contributed by atoms with Crippen molar-refractivity contribution in [1.29, 1.82) is 5.26 Å². The number of carbonyl (C=O) groups excluding carboxylic acids is 1. The average molecular weight is 496 g/mol. The molecule has 1 fully saturated rings. The van der Waals surface area contributed by atoms with Crippen LogP contribution in [0, 0.1) is 23.1 Å². The smallest absolute Gasteiger partial charge is 0.236 e. The zero-order valence-corrected chi connectivity index (χ0v) is 20.5. The van der Waals surface area contributed by atoms with Crippen molar-refractivity contribution in [3.05, 3.63) is 64.7 Å². The minimum Gasteiger partial charge on any atom is -0.378 e. The zero-order valence-electron chi connectivity index (χ0n) is 19.7. The van der Waals surface area contributed by atoms with Crippen molar-refractivity contribution in [2.24, 2.45) is 16.6 Å². The number of carbonyl (C=O) groups is 1. The number of likely N-dealkylation sites (tertiary alicyclic amines) is 1. The van der Waals surface area contributed by atoms with E-state index >= 15 is 4.39 Å². The van der Waals surface area contributed by atoms with Gasteiger partial charge in [-0.25, -0.2) is 8.78 Å². The summed E-state index contributed by atoms with van der Waals surface area (Å²) < 4.78 is 30.0. The van der Waals surface area contributed by atoms with Gasteiger partial charge >= 0.3 is 0 Å². The van der Waals surface area contributed by atoms with Crippen LogP contribution in [0.1, 0.15) is 55.5 Å².